The Kier molecular flexibility index (Phi) is 6.01. The SMILES string of the molecule is O=C(Nc1cc(-c2ccc3ncnn3c2)cc2c1C(c1cc(F)ccc1Cl)NC2=O)C(=NO)c1ccccc1. The van der Waals surface area contributed by atoms with Gasteiger partial charge >= 0.3 is 0 Å². The molecule has 192 valence electrons. The topological polar surface area (TPSA) is 121 Å². The summed E-state index contributed by atoms with van der Waals surface area (Å²) >= 11 is 6.40. The van der Waals surface area contributed by atoms with Crippen molar-refractivity contribution < 1.29 is 19.2 Å². The van der Waals surface area contributed by atoms with Gasteiger partial charge in [0.25, 0.3) is 11.8 Å². The lowest BCUT2D eigenvalue weighted by Crippen LogP contribution is -2.25. The number of fused-ring (bicyclic) bond motifs is 2. The highest BCUT2D eigenvalue weighted by Gasteiger charge is 2.35. The standard InChI is InChI=1S/C28H18ClFN6O3/c29-21-8-7-18(30)12-19(21)26-24-20(27(37)34-26)10-17(16-6-9-23-31-14-32-36(23)13-16)11-22(24)33-28(38)25(35-39)15-4-2-1-3-5-15/h1-14,26,39H,(H,33,38)(H,34,37). The van der Waals surface area contributed by atoms with Crippen LogP contribution in [0.25, 0.3) is 16.8 Å². The molecule has 5 aromatic rings. The van der Waals surface area contributed by atoms with E-state index in [0.717, 1.165) is 0 Å². The molecule has 2 amide bonds. The normalized spacial score (nSPS) is 14.8. The highest BCUT2D eigenvalue weighted by Crippen LogP contribution is 2.41. The van der Waals surface area contributed by atoms with Crippen molar-refractivity contribution in [3.8, 4) is 11.1 Å². The number of oxime groups is 1. The fourth-order valence-corrected chi connectivity index (χ4v) is 4.90. The van der Waals surface area contributed by atoms with Crippen LogP contribution < -0.4 is 10.6 Å². The second-order valence-corrected chi connectivity index (χ2v) is 9.21. The van der Waals surface area contributed by atoms with Gasteiger partial charge in [-0.2, -0.15) is 5.10 Å². The van der Waals surface area contributed by atoms with Crippen molar-refractivity contribution in [1.29, 1.82) is 0 Å². The molecule has 39 heavy (non-hydrogen) atoms. The number of rotatable bonds is 5. The van der Waals surface area contributed by atoms with E-state index in [-0.39, 0.29) is 22.0 Å². The predicted molar refractivity (Wildman–Crippen MR) is 143 cm³/mol. The van der Waals surface area contributed by atoms with Crippen LogP contribution in [-0.2, 0) is 4.79 Å². The molecule has 11 heteroatoms. The smallest absolute Gasteiger partial charge is 0.278 e. The Labute approximate surface area is 225 Å². The summed E-state index contributed by atoms with van der Waals surface area (Å²) in [6, 6.07) is 18.4. The number of carbonyl (C=O) groups excluding carboxylic acids is 2. The first-order chi connectivity index (χ1) is 18.9. The third kappa shape index (κ3) is 4.36. The van der Waals surface area contributed by atoms with Crippen molar-refractivity contribution in [2.45, 2.75) is 6.04 Å². The predicted octanol–water partition coefficient (Wildman–Crippen LogP) is 4.84. The molecule has 0 radical (unpaired) electrons. The largest absolute Gasteiger partial charge is 0.410 e. The van der Waals surface area contributed by atoms with Crippen LogP contribution >= 0.6 is 11.6 Å². The van der Waals surface area contributed by atoms with Crippen LogP contribution in [0, 0.1) is 5.82 Å². The zero-order valence-corrected chi connectivity index (χ0v) is 20.7. The van der Waals surface area contributed by atoms with E-state index in [0.29, 0.717) is 33.5 Å². The Bertz CT molecular complexity index is 1800. The number of hydrogen-bond donors (Lipinski definition) is 3. The molecule has 0 aliphatic carbocycles. The van der Waals surface area contributed by atoms with E-state index >= 15 is 0 Å². The summed E-state index contributed by atoms with van der Waals surface area (Å²) in [4.78, 5) is 30.7. The van der Waals surface area contributed by atoms with Crippen LogP contribution in [0.1, 0.15) is 33.1 Å². The minimum atomic E-state index is -0.843. The van der Waals surface area contributed by atoms with Crippen molar-refractivity contribution in [3.63, 3.8) is 0 Å². The van der Waals surface area contributed by atoms with E-state index < -0.39 is 23.7 Å². The number of hydrogen-bond acceptors (Lipinski definition) is 6. The summed E-state index contributed by atoms with van der Waals surface area (Å²) in [5.74, 6) is -1.66. The molecule has 9 nitrogen and oxygen atoms in total. The summed E-state index contributed by atoms with van der Waals surface area (Å²) in [6.07, 6.45) is 3.17. The summed E-state index contributed by atoms with van der Waals surface area (Å²) in [5, 5.41) is 22.9. The zero-order valence-electron chi connectivity index (χ0n) is 20.0. The highest BCUT2D eigenvalue weighted by molar-refractivity contribution is 6.48. The van der Waals surface area contributed by atoms with Crippen LogP contribution in [0.5, 0.6) is 0 Å². The molecular weight excluding hydrogens is 523 g/mol. The van der Waals surface area contributed by atoms with Gasteiger partial charge in [0.1, 0.15) is 12.1 Å². The fraction of sp³-hybridized carbons (Fsp3) is 0.0357. The molecule has 3 aromatic carbocycles. The molecule has 1 atom stereocenters. The van der Waals surface area contributed by atoms with Crippen LogP contribution in [-0.4, -0.2) is 37.3 Å². The molecule has 0 spiro atoms. The summed E-state index contributed by atoms with van der Waals surface area (Å²) in [7, 11) is 0. The Morgan fingerprint density at radius 3 is 2.69 bits per heavy atom. The highest BCUT2D eigenvalue weighted by atomic mass is 35.5. The average Bonchev–Trinajstić information content (AvgIpc) is 3.55. The van der Waals surface area contributed by atoms with Gasteiger partial charge in [0.05, 0.1) is 6.04 Å². The molecular formula is C28H18ClFN6O3. The molecule has 0 fully saturated rings. The maximum absolute atomic E-state index is 14.2. The number of pyridine rings is 1. The Morgan fingerprint density at radius 1 is 1.08 bits per heavy atom. The number of carbonyl (C=O) groups is 2. The van der Waals surface area contributed by atoms with Gasteiger partial charge in [-0.15, -0.1) is 0 Å². The third-order valence-corrected chi connectivity index (χ3v) is 6.82. The quantitative estimate of drug-likeness (QED) is 0.167. The van der Waals surface area contributed by atoms with Gasteiger partial charge in [-0.05, 0) is 48.0 Å². The van der Waals surface area contributed by atoms with E-state index in [1.54, 1.807) is 59.2 Å². The minimum Gasteiger partial charge on any atom is -0.410 e. The Balaban J connectivity index is 1.51. The molecule has 0 saturated carbocycles. The Hall–Kier alpha value is -5.09. The lowest BCUT2D eigenvalue weighted by Gasteiger charge is -2.19. The molecule has 0 saturated heterocycles. The van der Waals surface area contributed by atoms with Crippen LogP contribution in [0.2, 0.25) is 5.02 Å². The molecule has 2 aromatic heterocycles. The molecule has 1 unspecified atom stereocenters. The number of anilines is 1. The van der Waals surface area contributed by atoms with Crippen LogP contribution in [0.15, 0.2) is 90.5 Å². The molecule has 3 heterocycles. The summed E-state index contributed by atoms with van der Waals surface area (Å²) < 4.78 is 15.8. The average molecular weight is 541 g/mol. The number of nitrogens with zero attached hydrogens (tertiary/aromatic N) is 4. The fourth-order valence-electron chi connectivity index (χ4n) is 4.67. The monoisotopic (exact) mass is 540 g/mol. The number of halogens is 2. The van der Waals surface area contributed by atoms with Gasteiger partial charge in [-0.25, -0.2) is 13.9 Å². The van der Waals surface area contributed by atoms with Gasteiger partial charge in [-0.1, -0.05) is 47.1 Å². The van der Waals surface area contributed by atoms with Gasteiger partial charge in [0.15, 0.2) is 11.4 Å². The lowest BCUT2D eigenvalue weighted by molar-refractivity contribution is -0.110. The van der Waals surface area contributed by atoms with Crippen LogP contribution in [0.3, 0.4) is 0 Å². The van der Waals surface area contributed by atoms with Gasteiger partial charge in [-0.3, -0.25) is 9.59 Å². The van der Waals surface area contributed by atoms with Crippen molar-refractivity contribution in [2.24, 2.45) is 5.16 Å². The lowest BCUT2D eigenvalue weighted by atomic mass is 9.93. The van der Waals surface area contributed by atoms with Crippen molar-refractivity contribution in [1.82, 2.24) is 19.9 Å². The maximum Gasteiger partial charge on any atom is 0.278 e. The molecule has 0 bridgehead atoms. The van der Waals surface area contributed by atoms with Crippen LogP contribution in [0.4, 0.5) is 10.1 Å². The molecule has 3 N–H and O–H groups in total. The zero-order chi connectivity index (χ0) is 27.1. The Morgan fingerprint density at radius 2 is 1.90 bits per heavy atom. The second kappa shape index (κ2) is 9.66. The number of nitrogens with one attached hydrogen (secondary N) is 2. The second-order valence-electron chi connectivity index (χ2n) is 8.81. The summed E-state index contributed by atoms with van der Waals surface area (Å²) in [6.45, 7) is 0. The van der Waals surface area contributed by atoms with E-state index in [4.69, 9.17) is 11.6 Å². The van der Waals surface area contributed by atoms with Gasteiger partial charge < -0.3 is 15.8 Å². The number of amides is 2. The molecule has 1 aliphatic rings. The first-order valence-corrected chi connectivity index (χ1v) is 12.1. The van der Waals surface area contributed by atoms with E-state index in [9.17, 15) is 19.2 Å². The van der Waals surface area contributed by atoms with E-state index in [1.165, 1.54) is 24.5 Å². The maximum atomic E-state index is 14.2. The van der Waals surface area contributed by atoms with Crippen molar-refractivity contribution in [3.05, 3.63) is 118 Å². The first-order valence-electron chi connectivity index (χ1n) is 11.8. The first kappa shape index (κ1) is 24.3. The van der Waals surface area contributed by atoms with E-state index in [1.807, 2.05) is 6.07 Å². The van der Waals surface area contributed by atoms with Gasteiger partial charge in [0.2, 0.25) is 0 Å². The molecule has 6 rings (SSSR count). The molecule has 1 aliphatic heterocycles. The van der Waals surface area contributed by atoms with Gasteiger partial charge in [0, 0.05) is 44.7 Å². The van der Waals surface area contributed by atoms with Crippen molar-refractivity contribution >= 4 is 40.5 Å². The van der Waals surface area contributed by atoms with E-state index in [2.05, 4.69) is 25.9 Å². The number of aromatic nitrogens is 3. The summed E-state index contributed by atoms with van der Waals surface area (Å²) in [5.41, 5.74) is 3.36. The third-order valence-electron chi connectivity index (χ3n) is 6.48. The number of benzene rings is 3. The van der Waals surface area contributed by atoms with Crippen molar-refractivity contribution in [2.75, 3.05) is 5.32 Å². The minimum absolute atomic E-state index is 0.226.